The summed E-state index contributed by atoms with van der Waals surface area (Å²) in [4.78, 5) is 3.94. The van der Waals surface area contributed by atoms with Crippen molar-refractivity contribution >= 4 is 5.96 Å². The predicted molar refractivity (Wildman–Crippen MR) is 67.4 cm³/mol. The van der Waals surface area contributed by atoms with Crippen LogP contribution in [-0.4, -0.2) is 25.2 Å². The molecule has 0 saturated heterocycles. The van der Waals surface area contributed by atoms with E-state index in [2.05, 4.69) is 4.99 Å². The van der Waals surface area contributed by atoms with Gasteiger partial charge in [-0.25, -0.2) is 0 Å². The molecule has 1 saturated carbocycles. The van der Waals surface area contributed by atoms with Crippen LogP contribution < -0.4 is 11.5 Å². The van der Waals surface area contributed by atoms with Gasteiger partial charge >= 0.3 is 0 Å². The summed E-state index contributed by atoms with van der Waals surface area (Å²) in [5.41, 5.74) is 10.5. The molecule has 0 amide bonds. The second kappa shape index (κ2) is 8.39. The molecule has 1 rings (SSSR count). The molecule has 0 atom stereocenters. The van der Waals surface area contributed by atoms with Crippen molar-refractivity contribution in [3.05, 3.63) is 0 Å². The summed E-state index contributed by atoms with van der Waals surface area (Å²) < 4.78 is 5.83. The fraction of sp³-hybridized carbons (Fsp3) is 0.917. The van der Waals surface area contributed by atoms with Crippen molar-refractivity contribution in [1.82, 2.24) is 0 Å². The van der Waals surface area contributed by atoms with Gasteiger partial charge in [-0.15, -0.1) is 0 Å². The number of guanidine groups is 1. The number of nitrogens with zero attached hydrogens (tertiary/aromatic N) is 1. The molecule has 94 valence electrons. The number of rotatable bonds is 7. The van der Waals surface area contributed by atoms with Gasteiger partial charge in [-0.05, 0) is 32.1 Å². The van der Waals surface area contributed by atoms with Gasteiger partial charge in [0.25, 0.3) is 0 Å². The molecule has 4 heteroatoms. The second-order valence-electron chi connectivity index (χ2n) is 4.50. The number of aliphatic imine (C=N–C) groups is 1. The maximum absolute atomic E-state index is 5.83. The molecule has 0 radical (unpaired) electrons. The first-order chi connectivity index (χ1) is 7.79. The zero-order chi connectivity index (χ0) is 11.6. The Kier molecular flexibility index (Phi) is 6.97. The van der Waals surface area contributed by atoms with Crippen LogP contribution in [0.1, 0.15) is 51.4 Å². The van der Waals surface area contributed by atoms with Crippen LogP contribution in [-0.2, 0) is 4.74 Å². The predicted octanol–water partition coefficient (Wildman–Crippen LogP) is 1.78. The Balaban J connectivity index is 1.85. The summed E-state index contributed by atoms with van der Waals surface area (Å²) in [6.45, 7) is 1.64. The minimum absolute atomic E-state index is 0.193. The van der Waals surface area contributed by atoms with Crippen molar-refractivity contribution in [2.24, 2.45) is 16.5 Å². The molecule has 0 bridgehead atoms. The molecule has 0 spiro atoms. The van der Waals surface area contributed by atoms with Gasteiger partial charge in [-0.2, -0.15) is 0 Å². The zero-order valence-electron chi connectivity index (χ0n) is 10.2. The van der Waals surface area contributed by atoms with Gasteiger partial charge in [0, 0.05) is 13.2 Å². The molecule has 1 aliphatic carbocycles. The highest BCUT2D eigenvalue weighted by Gasteiger charge is 2.12. The molecule has 0 aromatic heterocycles. The maximum Gasteiger partial charge on any atom is 0.185 e. The number of hydrogen-bond acceptors (Lipinski definition) is 2. The fourth-order valence-electron chi connectivity index (χ4n) is 2.08. The molecule has 0 aliphatic heterocycles. The quantitative estimate of drug-likeness (QED) is 0.395. The van der Waals surface area contributed by atoms with E-state index in [-0.39, 0.29) is 5.96 Å². The van der Waals surface area contributed by atoms with Crippen molar-refractivity contribution in [2.45, 2.75) is 57.5 Å². The molecule has 4 N–H and O–H groups in total. The molecule has 16 heavy (non-hydrogen) atoms. The lowest BCUT2D eigenvalue weighted by molar-refractivity contribution is 0.0264. The molecule has 0 heterocycles. The molecule has 0 aromatic carbocycles. The SMILES string of the molecule is NC(N)=NCCCCCOC1CCCCC1. The van der Waals surface area contributed by atoms with Crippen molar-refractivity contribution in [2.75, 3.05) is 13.2 Å². The summed E-state index contributed by atoms with van der Waals surface area (Å²) >= 11 is 0. The minimum Gasteiger partial charge on any atom is -0.378 e. The Morgan fingerprint density at radius 3 is 2.50 bits per heavy atom. The van der Waals surface area contributed by atoms with Crippen LogP contribution in [0.25, 0.3) is 0 Å². The van der Waals surface area contributed by atoms with Gasteiger partial charge in [0.2, 0.25) is 0 Å². The molecular weight excluding hydrogens is 202 g/mol. The van der Waals surface area contributed by atoms with Crippen molar-refractivity contribution in [3.63, 3.8) is 0 Å². The number of nitrogens with two attached hydrogens (primary N) is 2. The van der Waals surface area contributed by atoms with Crippen LogP contribution in [0, 0.1) is 0 Å². The topological polar surface area (TPSA) is 73.6 Å². The fourth-order valence-corrected chi connectivity index (χ4v) is 2.08. The van der Waals surface area contributed by atoms with E-state index in [1.165, 1.54) is 32.1 Å². The summed E-state index contributed by atoms with van der Waals surface area (Å²) in [6.07, 6.45) is 10.4. The first-order valence-electron chi connectivity index (χ1n) is 6.46. The third-order valence-corrected chi connectivity index (χ3v) is 3.00. The first kappa shape index (κ1) is 13.3. The molecule has 1 aliphatic rings. The summed E-state index contributed by atoms with van der Waals surface area (Å²) in [5, 5.41) is 0. The van der Waals surface area contributed by atoms with E-state index in [0.717, 1.165) is 32.4 Å². The average molecular weight is 227 g/mol. The molecule has 0 aromatic rings. The van der Waals surface area contributed by atoms with Crippen LogP contribution >= 0.6 is 0 Å². The van der Waals surface area contributed by atoms with Crippen LogP contribution in [0.15, 0.2) is 4.99 Å². The lowest BCUT2D eigenvalue weighted by atomic mass is 9.98. The van der Waals surface area contributed by atoms with Crippen LogP contribution in [0.5, 0.6) is 0 Å². The highest BCUT2D eigenvalue weighted by Crippen LogP contribution is 2.20. The van der Waals surface area contributed by atoms with E-state index in [4.69, 9.17) is 16.2 Å². The smallest absolute Gasteiger partial charge is 0.185 e. The largest absolute Gasteiger partial charge is 0.378 e. The van der Waals surface area contributed by atoms with E-state index < -0.39 is 0 Å². The monoisotopic (exact) mass is 227 g/mol. The van der Waals surface area contributed by atoms with Crippen molar-refractivity contribution in [1.29, 1.82) is 0 Å². The maximum atomic E-state index is 5.83. The minimum atomic E-state index is 0.193. The summed E-state index contributed by atoms with van der Waals surface area (Å²) in [6, 6.07) is 0. The highest BCUT2D eigenvalue weighted by atomic mass is 16.5. The van der Waals surface area contributed by atoms with Gasteiger partial charge in [0.15, 0.2) is 5.96 Å². The van der Waals surface area contributed by atoms with Crippen LogP contribution in [0.4, 0.5) is 0 Å². The molecule has 0 unspecified atom stereocenters. The highest BCUT2D eigenvalue weighted by molar-refractivity contribution is 5.75. The van der Waals surface area contributed by atoms with Gasteiger partial charge < -0.3 is 16.2 Å². The van der Waals surface area contributed by atoms with Crippen molar-refractivity contribution < 1.29 is 4.74 Å². The molecular formula is C12H25N3O. The average Bonchev–Trinajstić information content (AvgIpc) is 2.29. The number of unbranched alkanes of at least 4 members (excludes halogenated alkanes) is 2. The number of ether oxygens (including phenoxy) is 1. The first-order valence-corrected chi connectivity index (χ1v) is 6.46. The third kappa shape index (κ3) is 6.67. The Morgan fingerprint density at radius 1 is 1.06 bits per heavy atom. The van der Waals surface area contributed by atoms with Gasteiger partial charge in [-0.1, -0.05) is 19.3 Å². The standard InChI is InChI=1S/C12H25N3O/c13-12(14)15-9-5-2-6-10-16-11-7-3-1-4-8-11/h11H,1-10H2,(H4,13,14,15). The van der Waals surface area contributed by atoms with E-state index in [9.17, 15) is 0 Å². The summed E-state index contributed by atoms with van der Waals surface area (Å²) in [5.74, 6) is 0.193. The van der Waals surface area contributed by atoms with E-state index in [1.807, 2.05) is 0 Å². The van der Waals surface area contributed by atoms with Gasteiger partial charge in [0.05, 0.1) is 6.10 Å². The lowest BCUT2D eigenvalue weighted by Gasteiger charge is -2.21. The number of hydrogen-bond donors (Lipinski definition) is 2. The Hall–Kier alpha value is -0.770. The Labute approximate surface area is 98.4 Å². The van der Waals surface area contributed by atoms with Crippen LogP contribution in [0.2, 0.25) is 0 Å². The second-order valence-corrected chi connectivity index (χ2v) is 4.50. The molecule has 4 nitrogen and oxygen atoms in total. The van der Waals surface area contributed by atoms with E-state index in [1.54, 1.807) is 0 Å². The Morgan fingerprint density at radius 2 is 1.81 bits per heavy atom. The normalized spacial score (nSPS) is 17.2. The van der Waals surface area contributed by atoms with Gasteiger partial charge in [0.1, 0.15) is 0 Å². The zero-order valence-corrected chi connectivity index (χ0v) is 10.2. The van der Waals surface area contributed by atoms with Gasteiger partial charge in [-0.3, -0.25) is 4.99 Å². The van der Waals surface area contributed by atoms with E-state index in [0.29, 0.717) is 6.10 Å². The lowest BCUT2D eigenvalue weighted by Crippen LogP contribution is -2.22. The van der Waals surface area contributed by atoms with E-state index >= 15 is 0 Å². The Bertz CT molecular complexity index is 196. The van der Waals surface area contributed by atoms with Crippen molar-refractivity contribution in [3.8, 4) is 0 Å². The third-order valence-electron chi connectivity index (χ3n) is 3.00. The molecule has 1 fully saturated rings. The van der Waals surface area contributed by atoms with Crippen LogP contribution in [0.3, 0.4) is 0 Å². The summed E-state index contributed by atoms with van der Waals surface area (Å²) in [7, 11) is 0.